The van der Waals surface area contributed by atoms with Gasteiger partial charge in [0.05, 0.1) is 10.9 Å². The van der Waals surface area contributed by atoms with Crippen LogP contribution in [-0.4, -0.2) is 26.9 Å². The minimum Gasteiger partial charge on any atom is -0.351 e. The Hall–Kier alpha value is -1.44. The smallest absolute Gasteiger partial charge is 0.238 e. The summed E-state index contributed by atoms with van der Waals surface area (Å²) in [5.74, 6) is -0.0503. The molecular weight excluding hydrogens is 278 g/mol. The van der Waals surface area contributed by atoms with E-state index in [4.69, 9.17) is 5.14 Å². The molecule has 1 heterocycles. The van der Waals surface area contributed by atoms with E-state index in [1.165, 1.54) is 12.1 Å². The molecule has 2 rings (SSSR count). The van der Waals surface area contributed by atoms with Crippen LogP contribution >= 0.6 is 0 Å². The molecule has 110 valence electrons. The van der Waals surface area contributed by atoms with E-state index in [2.05, 4.69) is 10.6 Å². The summed E-state index contributed by atoms with van der Waals surface area (Å²) >= 11 is 0. The van der Waals surface area contributed by atoms with Gasteiger partial charge < -0.3 is 10.6 Å². The third-order valence-corrected chi connectivity index (χ3v) is 4.23. The Bertz CT molecular complexity index is 580. The van der Waals surface area contributed by atoms with Crippen LogP contribution in [0.15, 0.2) is 29.2 Å². The molecule has 0 unspecified atom stereocenters. The fraction of sp³-hybridized carbons (Fsp3) is 0.462. The molecule has 20 heavy (non-hydrogen) atoms. The quantitative estimate of drug-likeness (QED) is 0.733. The number of piperidine rings is 1. The second-order valence-corrected chi connectivity index (χ2v) is 6.47. The fourth-order valence-electron chi connectivity index (χ4n) is 2.22. The number of hydrogen-bond acceptors (Lipinski definition) is 4. The van der Waals surface area contributed by atoms with Gasteiger partial charge in [0.2, 0.25) is 15.9 Å². The highest BCUT2D eigenvalue weighted by molar-refractivity contribution is 7.89. The number of carbonyl (C=O) groups excluding carboxylic acids is 1. The van der Waals surface area contributed by atoms with Crippen LogP contribution in [0.2, 0.25) is 0 Å². The topological polar surface area (TPSA) is 101 Å². The van der Waals surface area contributed by atoms with Gasteiger partial charge in [-0.25, -0.2) is 13.6 Å². The maximum atomic E-state index is 11.9. The molecule has 1 aromatic rings. The summed E-state index contributed by atoms with van der Waals surface area (Å²) in [5, 5.41) is 11.0. The molecule has 1 aliphatic rings. The van der Waals surface area contributed by atoms with Crippen LogP contribution in [0.4, 0.5) is 0 Å². The standard InChI is InChI=1S/C13H19N3O3S/c14-20(18,19)11-5-3-4-10(8-11)9-16-13(17)12-6-1-2-7-15-12/h3-5,8,12,15H,1-2,6-7,9H2,(H,16,17)(H2,14,18,19)/t12-/m0/s1. The third-order valence-electron chi connectivity index (χ3n) is 3.32. The van der Waals surface area contributed by atoms with Gasteiger partial charge in [-0.3, -0.25) is 4.79 Å². The molecule has 0 radical (unpaired) electrons. The van der Waals surface area contributed by atoms with E-state index in [1.54, 1.807) is 12.1 Å². The first-order chi connectivity index (χ1) is 9.47. The van der Waals surface area contributed by atoms with Crippen molar-refractivity contribution in [2.45, 2.75) is 36.7 Å². The zero-order chi connectivity index (χ0) is 14.6. The van der Waals surface area contributed by atoms with Gasteiger partial charge in [-0.15, -0.1) is 0 Å². The number of carbonyl (C=O) groups is 1. The van der Waals surface area contributed by atoms with Crippen molar-refractivity contribution in [1.29, 1.82) is 0 Å². The normalized spacial score (nSPS) is 19.6. The van der Waals surface area contributed by atoms with Crippen LogP contribution in [0.25, 0.3) is 0 Å². The number of amides is 1. The number of sulfonamides is 1. The van der Waals surface area contributed by atoms with E-state index in [1.807, 2.05) is 0 Å². The molecule has 0 saturated carbocycles. The largest absolute Gasteiger partial charge is 0.351 e. The number of nitrogens with one attached hydrogen (secondary N) is 2. The number of rotatable bonds is 4. The summed E-state index contributed by atoms with van der Waals surface area (Å²) in [7, 11) is -3.71. The summed E-state index contributed by atoms with van der Waals surface area (Å²) in [5.41, 5.74) is 0.709. The zero-order valence-corrected chi connectivity index (χ0v) is 11.9. The van der Waals surface area contributed by atoms with Gasteiger partial charge in [0.1, 0.15) is 0 Å². The highest BCUT2D eigenvalue weighted by Crippen LogP contribution is 2.10. The average molecular weight is 297 g/mol. The van der Waals surface area contributed by atoms with Crippen LogP contribution in [0.3, 0.4) is 0 Å². The monoisotopic (exact) mass is 297 g/mol. The minimum atomic E-state index is -3.71. The van der Waals surface area contributed by atoms with E-state index in [9.17, 15) is 13.2 Å². The van der Waals surface area contributed by atoms with Gasteiger partial charge in [-0.1, -0.05) is 18.6 Å². The average Bonchev–Trinajstić information content (AvgIpc) is 2.45. The lowest BCUT2D eigenvalue weighted by molar-refractivity contribution is -0.123. The van der Waals surface area contributed by atoms with E-state index >= 15 is 0 Å². The molecule has 0 aromatic heterocycles. The lowest BCUT2D eigenvalue weighted by atomic mass is 10.0. The maximum absolute atomic E-state index is 11.9. The highest BCUT2D eigenvalue weighted by Gasteiger charge is 2.20. The Balaban J connectivity index is 1.95. The number of hydrogen-bond donors (Lipinski definition) is 3. The molecule has 1 atom stereocenters. The lowest BCUT2D eigenvalue weighted by Crippen LogP contribution is -2.46. The van der Waals surface area contributed by atoms with Crippen LogP contribution in [0.1, 0.15) is 24.8 Å². The molecule has 6 nitrogen and oxygen atoms in total. The number of nitrogens with two attached hydrogens (primary N) is 1. The van der Waals surface area contributed by atoms with Crippen molar-refractivity contribution in [2.75, 3.05) is 6.54 Å². The second kappa shape index (κ2) is 6.34. The molecule has 1 amide bonds. The van der Waals surface area contributed by atoms with Gasteiger partial charge in [-0.05, 0) is 37.1 Å². The van der Waals surface area contributed by atoms with Crippen molar-refractivity contribution in [3.05, 3.63) is 29.8 Å². The molecule has 0 spiro atoms. The van der Waals surface area contributed by atoms with Crippen molar-refractivity contribution >= 4 is 15.9 Å². The molecule has 0 aliphatic carbocycles. The first kappa shape index (κ1) is 15.0. The highest BCUT2D eigenvalue weighted by atomic mass is 32.2. The molecule has 1 fully saturated rings. The van der Waals surface area contributed by atoms with Gasteiger partial charge in [0.15, 0.2) is 0 Å². The van der Waals surface area contributed by atoms with Crippen LogP contribution in [-0.2, 0) is 21.4 Å². The summed E-state index contributed by atoms with van der Waals surface area (Å²) < 4.78 is 22.5. The Morgan fingerprint density at radius 2 is 2.20 bits per heavy atom. The Labute approximate surface area is 118 Å². The maximum Gasteiger partial charge on any atom is 0.238 e. The van der Waals surface area contributed by atoms with Crippen molar-refractivity contribution < 1.29 is 13.2 Å². The first-order valence-electron chi connectivity index (χ1n) is 6.59. The number of primary sulfonamides is 1. The third kappa shape index (κ3) is 4.03. The van der Waals surface area contributed by atoms with Gasteiger partial charge >= 0.3 is 0 Å². The van der Waals surface area contributed by atoms with E-state index < -0.39 is 10.0 Å². The SMILES string of the molecule is NS(=O)(=O)c1cccc(CNC(=O)[C@@H]2CCCCN2)c1. The molecule has 1 aromatic carbocycles. The minimum absolute atomic E-state index is 0.0503. The summed E-state index contributed by atoms with van der Waals surface area (Å²) in [4.78, 5) is 12.0. The second-order valence-electron chi connectivity index (χ2n) is 4.91. The number of benzene rings is 1. The lowest BCUT2D eigenvalue weighted by Gasteiger charge is -2.22. The van der Waals surface area contributed by atoms with E-state index in [0.29, 0.717) is 12.1 Å². The fourth-order valence-corrected chi connectivity index (χ4v) is 2.80. The molecule has 0 bridgehead atoms. The summed E-state index contributed by atoms with van der Waals surface area (Å²) in [6.07, 6.45) is 2.98. The predicted molar refractivity (Wildman–Crippen MR) is 75.3 cm³/mol. The molecular formula is C13H19N3O3S. The summed E-state index contributed by atoms with van der Waals surface area (Å²) in [6, 6.07) is 6.13. The molecule has 1 aliphatic heterocycles. The molecule has 4 N–H and O–H groups in total. The van der Waals surface area contributed by atoms with E-state index in [0.717, 1.165) is 25.8 Å². The first-order valence-corrected chi connectivity index (χ1v) is 8.14. The Morgan fingerprint density at radius 3 is 2.85 bits per heavy atom. The Kier molecular flexibility index (Phi) is 4.74. The van der Waals surface area contributed by atoms with Gasteiger partial charge in [0, 0.05) is 6.54 Å². The van der Waals surface area contributed by atoms with Crippen LogP contribution in [0.5, 0.6) is 0 Å². The van der Waals surface area contributed by atoms with Gasteiger partial charge in [0.25, 0.3) is 0 Å². The zero-order valence-electron chi connectivity index (χ0n) is 11.1. The molecule has 7 heteroatoms. The van der Waals surface area contributed by atoms with Crippen molar-refractivity contribution in [2.24, 2.45) is 5.14 Å². The predicted octanol–water partition coefficient (Wildman–Crippen LogP) is 0.0923. The summed E-state index contributed by atoms with van der Waals surface area (Å²) in [6.45, 7) is 1.15. The van der Waals surface area contributed by atoms with Crippen molar-refractivity contribution in [1.82, 2.24) is 10.6 Å². The van der Waals surface area contributed by atoms with E-state index in [-0.39, 0.29) is 16.8 Å². The van der Waals surface area contributed by atoms with Gasteiger partial charge in [-0.2, -0.15) is 0 Å². The van der Waals surface area contributed by atoms with Crippen molar-refractivity contribution in [3.63, 3.8) is 0 Å². The van der Waals surface area contributed by atoms with Crippen molar-refractivity contribution in [3.8, 4) is 0 Å². The molecule has 1 saturated heterocycles. The Morgan fingerprint density at radius 1 is 1.40 bits per heavy atom. The van der Waals surface area contributed by atoms with Crippen LogP contribution in [0, 0.1) is 0 Å². The van der Waals surface area contributed by atoms with Crippen LogP contribution < -0.4 is 15.8 Å².